The van der Waals surface area contributed by atoms with Crippen LogP contribution < -0.4 is 4.74 Å². The van der Waals surface area contributed by atoms with Crippen LogP contribution in [0.3, 0.4) is 0 Å². The summed E-state index contributed by atoms with van der Waals surface area (Å²) in [5, 5.41) is 12.4. The molecular formula is C6H6N2O3. The fourth-order valence-electron chi connectivity index (χ4n) is 1.06. The third-order valence-electron chi connectivity index (χ3n) is 1.56. The van der Waals surface area contributed by atoms with E-state index in [-0.39, 0.29) is 5.56 Å². The number of carboxylic acid groups (broad SMARTS) is 1. The molecule has 0 spiro atoms. The molecule has 0 bridgehead atoms. The maximum absolute atomic E-state index is 10.5. The van der Waals surface area contributed by atoms with Crippen molar-refractivity contribution in [2.45, 2.75) is 6.54 Å². The zero-order chi connectivity index (χ0) is 7.84. The Bertz CT molecular complexity index is 305. The fourth-order valence-corrected chi connectivity index (χ4v) is 1.06. The molecule has 5 nitrogen and oxygen atoms in total. The summed E-state index contributed by atoms with van der Waals surface area (Å²) in [4.78, 5) is 10.5. The maximum Gasteiger partial charge on any atom is 0.342 e. The molecular weight excluding hydrogens is 148 g/mol. The second-order valence-corrected chi connectivity index (χ2v) is 2.24. The average Bonchev–Trinajstić information content (AvgIpc) is 2.41. The number of nitrogens with zero attached hydrogens (tertiary/aromatic N) is 2. The summed E-state index contributed by atoms with van der Waals surface area (Å²) in [7, 11) is 0. The molecule has 1 aliphatic heterocycles. The van der Waals surface area contributed by atoms with E-state index in [2.05, 4.69) is 5.10 Å². The minimum Gasteiger partial charge on any atom is -0.477 e. The van der Waals surface area contributed by atoms with Crippen molar-refractivity contribution in [3.63, 3.8) is 0 Å². The van der Waals surface area contributed by atoms with Crippen molar-refractivity contribution in [3.05, 3.63) is 11.8 Å². The lowest BCUT2D eigenvalue weighted by Gasteiger charge is -1.92. The van der Waals surface area contributed by atoms with Crippen LogP contribution in [0.4, 0.5) is 0 Å². The van der Waals surface area contributed by atoms with Gasteiger partial charge in [0.05, 0.1) is 12.7 Å². The standard InChI is InChI=1S/C6H6N2O3/c9-6(10)4-3-7-8-1-2-11-5(4)8/h3H,1-2H2,(H,9,10). The van der Waals surface area contributed by atoms with Crippen LogP contribution in [-0.4, -0.2) is 27.5 Å². The SMILES string of the molecule is O=C(O)c1cnn2c1OCC2. The van der Waals surface area contributed by atoms with Crippen LogP contribution in [0.2, 0.25) is 0 Å². The van der Waals surface area contributed by atoms with E-state index in [4.69, 9.17) is 9.84 Å². The molecule has 1 aromatic rings. The molecule has 11 heavy (non-hydrogen) atoms. The molecule has 0 atom stereocenters. The molecule has 0 saturated heterocycles. The Morgan fingerprint density at radius 1 is 1.82 bits per heavy atom. The van der Waals surface area contributed by atoms with Gasteiger partial charge in [-0.15, -0.1) is 0 Å². The van der Waals surface area contributed by atoms with Crippen molar-refractivity contribution in [2.24, 2.45) is 0 Å². The second-order valence-electron chi connectivity index (χ2n) is 2.24. The number of ether oxygens (including phenoxy) is 1. The largest absolute Gasteiger partial charge is 0.477 e. The summed E-state index contributed by atoms with van der Waals surface area (Å²) >= 11 is 0. The molecule has 0 aliphatic carbocycles. The van der Waals surface area contributed by atoms with Crippen LogP contribution >= 0.6 is 0 Å². The van der Waals surface area contributed by atoms with E-state index in [1.807, 2.05) is 0 Å². The van der Waals surface area contributed by atoms with Gasteiger partial charge in [-0.2, -0.15) is 5.10 Å². The van der Waals surface area contributed by atoms with Crippen LogP contribution in [0.25, 0.3) is 0 Å². The number of carbonyl (C=O) groups is 1. The minimum atomic E-state index is -0.992. The van der Waals surface area contributed by atoms with Crippen LogP contribution in [0.5, 0.6) is 5.88 Å². The molecule has 5 heteroatoms. The molecule has 0 fully saturated rings. The fraction of sp³-hybridized carbons (Fsp3) is 0.333. The van der Waals surface area contributed by atoms with Gasteiger partial charge in [0, 0.05) is 0 Å². The number of rotatable bonds is 1. The molecule has 0 unspecified atom stereocenters. The molecule has 2 heterocycles. The van der Waals surface area contributed by atoms with Gasteiger partial charge in [0.1, 0.15) is 12.2 Å². The Labute approximate surface area is 62.2 Å². The average molecular weight is 154 g/mol. The van der Waals surface area contributed by atoms with E-state index in [0.717, 1.165) is 0 Å². The van der Waals surface area contributed by atoms with E-state index in [0.29, 0.717) is 19.0 Å². The lowest BCUT2D eigenvalue weighted by atomic mass is 10.3. The quantitative estimate of drug-likeness (QED) is 0.617. The first-order valence-corrected chi connectivity index (χ1v) is 3.21. The van der Waals surface area contributed by atoms with Crippen molar-refractivity contribution in [1.82, 2.24) is 9.78 Å². The highest BCUT2D eigenvalue weighted by atomic mass is 16.5. The van der Waals surface area contributed by atoms with Gasteiger partial charge in [0.25, 0.3) is 0 Å². The number of fused-ring (bicyclic) bond motifs is 1. The molecule has 2 rings (SSSR count). The van der Waals surface area contributed by atoms with Crippen LogP contribution in [0, 0.1) is 0 Å². The Morgan fingerprint density at radius 2 is 2.64 bits per heavy atom. The molecule has 0 amide bonds. The summed E-state index contributed by atoms with van der Waals surface area (Å²) < 4.78 is 6.60. The van der Waals surface area contributed by atoms with Gasteiger partial charge < -0.3 is 9.84 Å². The van der Waals surface area contributed by atoms with E-state index in [9.17, 15) is 4.79 Å². The molecule has 58 valence electrons. The zero-order valence-corrected chi connectivity index (χ0v) is 5.65. The molecule has 1 aliphatic rings. The summed E-state index contributed by atoms with van der Waals surface area (Å²) in [6, 6.07) is 0. The van der Waals surface area contributed by atoms with E-state index in [1.165, 1.54) is 6.20 Å². The first-order valence-electron chi connectivity index (χ1n) is 3.21. The lowest BCUT2D eigenvalue weighted by Crippen LogP contribution is -1.97. The molecule has 1 aromatic heterocycles. The van der Waals surface area contributed by atoms with Crippen LogP contribution in [0.15, 0.2) is 6.20 Å². The van der Waals surface area contributed by atoms with Gasteiger partial charge in [-0.1, -0.05) is 0 Å². The van der Waals surface area contributed by atoms with Crippen LogP contribution in [-0.2, 0) is 6.54 Å². The topological polar surface area (TPSA) is 64.3 Å². The number of carboxylic acids is 1. The van der Waals surface area contributed by atoms with Gasteiger partial charge in [-0.3, -0.25) is 0 Å². The van der Waals surface area contributed by atoms with Crippen molar-refractivity contribution in [3.8, 4) is 5.88 Å². The lowest BCUT2D eigenvalue weighted by molar-refractivity contribution is 0.0693. The van der Waals surface area contributed by atoms with Gasteiger partial charge in [0.2, 0.25) is 5.88 Å². The monoisotopic (exact) mass is 154 g/mol. The summed E-state index contributed by atoms with van der Waals surface area (Å²) in [5.74, 6) is -0.620. The smallest absolute Gasteiger partial charge is 0.342 e. The van der Waals surface area contributed by atoms with Crippen molar-refractivity contribution >= 4 is 5.97 Å². The predicted molar refractivity (Wildman–Crippen MR) is 34.7 cm³/mol. The molecule has 0 saturated carbocycles. The highest BCUT2D eigenvalue weighted by Crippen LogP contribution is 2.21. The first-order chi connectivity index (χ1) is 5.29. The zero-order valence-electron chi connectivity index (χ0n) is 5.65. The third kappa shape index (κ3) is 0.772. The number of aromatic carboxylic acids is 1. The van der Waals surface area contributed by atoms with E-state index >= 15 is 0 Å². The third-order valence-corrected chi connectivity index (χ3v) is 1.56. The second kappa shape index (κ2) is 1.98. The maximum atomic E-state index is 10.5. The molecule has 0 radical (unpaired) electrons. The molecule has 1 N–H and O–H groups in total. The van der Waals surface area contributed by atoms with Crippen LogP contribution in [0.1, 0.15) is 10.4 Å². The van der Waals surface area contributed by atoms with Crippen molar-refractivity contribution < 1.29 is 14.6 Å². The highest BCUT2D eigenvalue weighted by molar-refractivity contribution is 5.90. The Balaban J connectivity index is 2.50. The predicted octanol–water partition coefficient (Wildman–Crippen LogP) is -0.0263. The number of hydrogen-bond acceptors (Lipinski definition) is 3. The Morgan fingerprint density at radius 3 is 3.36 bits per heavy atom. The highest BCUT2D eigenvalue weighted by Gasteiger charge is 2.21. The summed E-state index contributed by atoms with van der Waals surface area (Å²) in [6.07, 6.45) is 1.30. The van der Waals surface area contributed by atoms with E-state index < -0.39 is 5.97 Å². The van der Waals surface area contributed by atoms with Crippen molar-refractivity contribution in [2.75, 3.05) is 6.61 Å². The van der Waals surface area contributed by atoms with Gasteiger partial charge >= 0.3 is 5.97 Å². The first kappa shape index (κ1) is 6.21. The minimum absolute atomic E-state index is 0.141. The Hall–Kier alpha value is -1.52. The summed E-state index contributed by atoms with van der Waals surface area (Å²) in [5.41, 5.74) is 0.141. The molecule has 0 aromatic carbocycles. The van der Waals surface area contributed by atoms with Crippen molar-refractivity contribution in [1.29, 1.82) is 0 Å². The Kier molecular flexibility index (Phi) is 1.12. The van der Waals surface area contributed by atoms with E-state index in [1.54, 1.807) is 4.68 Å². The normalized spacial score (nSPS) is 14.2. The van der Waals surface area contributed by atoms with Gasteiger partial charge in [-0.05, 0) is 0 Å². The summed E-state index contributed by atoms with van der Waals surface area (Å²) in [6.45, 7) is 1.16. The number of aromatic nitrogens is 2. The number of hydrogen-bond donors (Lipinski definition) is 1. The van der Waals surface area contributed by atoms with Gasteiger partial charge in [-0.25, -0.2) is 9.48 Å². The van der Waals surface area contributed by atoms with Gasteiger partial charge in [0.15, 0.2) is 0 Å².